The molecular weight excluding hydrogens is 353 g/mol. The zero-order chi connectivity index (χ0) is 17.5. The molecule has 0 aliphatic carbocycles. The van der Waals surface area contributed by atoms with Gasteiger partial charge in [0.25, 0.3) is 0 Å². The van der Waals surface area contributed by atoms with Crippen LogP contribution in [0.1, 0.15) is 22.0 Å². The van der Waals surface area contributed by atoms with Gasteiger partial charge in [0.05, 0.1) is 11.8 Å². The molecule has 1 aromatic heterocycles. The summed E-state index contributed by atoms with van der Waals surface area (Å²) in [5.41, 5.74) is 2.08. The number of carbonyl (C=O) groups excluding carboxylic acids is 1. The highest BCUT2D eigenvalue weighted by atomic mass is 32.2. The van der Waals surface area contributed by atoms with Crippen molar-refractivity contribution in [1.82, 2.24) is 5.32 Å². The Balaban J connectivity index is 1.62. The fraction of sp³-hybridized carbons (Fsp3) is 0.150. The van der Waals surface area contributed by atoms with Crippen molar-refractivity contribution in [1.29, 1.82) is 0 Å². The van der Waals surface area contributed by atoms with E-state index in [1.54, 1.807) is 35.2 Å². The standard InChI is InChI=1S/C20H18FNOS2/c21-17-10-8-16(9-11-17)20(18-7-4-12-25-18)22-19(23)14-24-13-15-5-2-1-3-6-15/h1-12,20H,13-14H2,(H,22,23)/t20-/m0/s1. The number of benzene rings is 2. The molecule has 128 valence electrons. The molecule has 1 atom stereocenters. The highest BCUT2D eigenvalue weighted by Crippen LogP contribution is 2.26. The fourth-order valence-electron chi connectivity index (χ4n) is 2.47. The van der Waals surface area contributed by atoms with Crippen LogP contribution in [-0.2, 0) is 10.5 Å². The second kappa shape index (κ2) is 8.83. The number of thiophene rings is 1. The van der Waals surface area contributed by atoms with Crippen LogP contribution >= 0.6 is 23.1 Å². The van der Waals surface area contributed by atoms with Crippen molar-refractivity contribution in [3.63, 3.8) is 0 Å². The summed E-state index contributed by atoms with van der Waals surface area (Å²) in [5.74, 6) is 0.883. The van der Waals surface area contributed by atoms with Gasteiger partial charge in [0.2, 0.25) is 5.91 Å². The molecule has 0 radical (unpaired) electrons. The van der Waals surface area contributed by atoms with E-state index >= 15 is 0 Å². The van der Waals surface area contributed by atoms with E-state index in [1.165, 1.54) is 17.7 Å². The second-order valence-corrected chi connectivity index (χ2v) is 7.51. The largest absolute Gasteiger partial charge is 0.344 e. The van der Waals surface area contributed by atoms with Crippen LogP contribution in [-0.4, -0.2) is 11.7 Å². The lowest BCUT2D eigenvalue weighted by atomic mass is 10.1. The Kier molecular flexibility index (Phi) is 6.25. The van der Waals surface area contributed by atoms with Crippen LogP contribution in [0.2, 0.25) is 0 Å². The van der Waals surface area contributed by atoms with Crippen molar-refractivity contribution in [3.05, 3.63) is 93.9 Å². The van der Waals surface area contributed by atoms with E-state index in [-0.39, 0.29) is 17.8 Å². The zero-order valence-corrected chi connectivity index (χ0v) is 15.2. The van der Waals surface area contributed by atoms with E-state index in [4.69, 9.17) is 0 Å². The topological polar surface area (TPSA) is 29.1 Å². The molecule has 0 saturated heterocycles. The maximum absolute atomic E-state index is 13.2. The van der Waals surface area contributed by atoms with Crippen LogP contribution < -0.4 is 5.32 Å². The smallest absolute Gasteiger partial charge is 0.230 e. The quantitative estimate of drug-likeness (QED) is 0.631. The van der Waals surface area contributed by atoms with Crippen molar-refractivity contribution < 1.29 is 9.18 Å². The summed E-state index contributed by atoms with van der Waals surface area (Å²) in [7, 11) is 0. The van der Waals surface area contributed by atoms with E-state index in [2.05, 4.69) is 17.4 Å². The molecule has 1 heterocycles. The summed E-state index contributed by atoms with van der Waals surface area (Å²) >= 11 is 3.16. The van der Waals surface area contributed by atoms with Gasteiger partial charge in [0.1, 0.15) is 5.82 Å². The molecule has 5 heteroatoms. The van der Waals surface area contributed by atoms with Crippen molar-refractivity contribution >= 4 is 29.0 Å². The summed E-state index contributed by atoms with van der Waals surface area (Å²) in [6, 6.07) is 20.1. The Labute approximate surface area is 155 Å². The van der Waals surface area contributed by atoms with E-state index in [0.29, 0.717) is 5.75 Å². The third-order valence-electron chi connectivity index (χ3n) is 3.68. The molecule has 3 aromatic rings. The van der Waals surface area contributed by atoms with Gasteiger partial charge in [-0.1, -0.05) is 48.5 Å². The number of rotatable bonds is 7. The lowest BCUT2D eigenvalue weighted by Gasteiger charge is -2.18. The maximum Gasteiger partial charge on any atom is 0.230 e. The lowest BCUT2D eigenvalue weighted by molar-refractivity contribution is -0.119. The molecule has 0 unspecified atom stereocenters. The summed E-state index contributed by atoms with van der Waals surface area (Å²) < 4.78 is 13.2. The van der Waals surface area contributed by atoms with Gasteiger partial charge in [-0.05, 0) is 34.7 Å². The van der Waals surface area contributed by atoms with E-state index < -0.39 is 0 Å². The molecular formula is C20H18FNOS2. The first-order chi connectivity index (χ1) is 12.2. The lowest BCUT2D eigenvalue weighted by Crippen LogP contribution is -2.30. The summed E-state index contributed by atoms with van der Waals surface area (Å²) in [6.45, 7) is 0. The first-order valence-corrected chi connectivity index (χ1v) is 9.96. The third kappa shape index (κ3) is 5.18. The van der Waals surface area contributed by atoms with Gasteiger partial charge in [-0.3, -0.25) is 4.79 Å². The first-order valence-electron chi connectivity index (χ1n) is 7.92. The van der Waals surface area contributed by atoms with Crippen molar-refractivity contribution in [3.8, 4) is 0 Å². The third-order valence-corrected chi connectivity index (χ3v) is 5.62. The van der Waals surface area contributed by atoms with Crippen molar-refractivity contribution in [2.45, 2.75) is 11.8 Å². The Morgan fingerprint density at radius 1 is 1.04 bits per heavy atom. The Morgan fingerprint density at radius 2 is 1.80 bits per heavy atom. The average molecular weight is 372 g/mol. The molecule has 1 N–H and O–H groups in total. The summed E-state index contributed by atoms with van der Waals surface area (Å²) in [5, 5.41) is 5.04. The molecule has 0 aliphatic heterocycles. The number of halogens is 1. The van der Waals surface area contributed by atoms with Crippen LogP contribution in [0.15, 0.2) is 72.1 Å². The number of hydrogen-bond acceptors (Lipinski definition) is 3. The van der Waals surface area contributed by atoms with Gasteiger partial charge in [0, 0.05) is 10.6 Å². The maximum atomic E-state index is 13.2. The molecule has 3 rings (SSSR count). The van der Waals surface area contributed by atoms with Gasteiger partial charge in [-0.2, -0.15) is 0 Å². The van der Waals surface area contributed by atoms with Crippen LogP contribution in [0.25, 0.3) is 0 Å². The van der Waals surface area contributed by atoms with Gasteiger partial charge >= 0.3 is 0 Å². The minimum absolute atomic E-state index is 0.0244. The van der Waals surface area contributed by atoms with E-state index in [1.807, 2.05) is 35.7 Å². The summed E-state index contributed by atoms with van der Waals surface area (Å²) in [4.78, 5) is 13.4. The number of amides is 1. The highest BCUT2D eigenvalue weighted by Gasteiger charge is 2.18. The van der Waals surface area contributed by atoms with Gasteiger partial charge in [-0.15, -0.1) is 23.1 Å². The minimum atomic E-state index is -0.279. The number of nitrogens with one attached hydrogen (secondary N) is 1. The Morgan fingerprint density at radius 3 is 2.48 bits per heavy atom. The van der Waals surface area contributed by atoms with Crippen LogP contribution in [0.3, 0.4) is 0 Å². The molecule has 0 spiro atoms. The van der Waals surface area contributed by atoms with Gasteiger partial charge in [0.15, 0.2) is 0 Å². The van der Waals surface area contributed by atoms with Gasteiger partial charge < -0.3 is 5.32 Å². The fourth-order valence-corrected chi connectivity index (χ4v) is 4.07. The molecule has 0 saturated carbocycles. The van der Waals surface area contributed by atoms with Crippen LogP contribution in [0, 0.1) is 5.82 Å². The van der Waals surface area contributed by atoms with Crippen LogP contribution in [0.4, 0.5) is 4.39 Å². The van der Waals surface area contributed by atoms with Crippen LogP contribution in [0.5, 0.6) is 0 Å². The molecule has 25 heavy (non-hydrogen) atoms. The Bertz CT molecular complexity index is 788. The SMILES string of the molecule is O=C(CSCc1ccccc1)N[C@@H](c1ccc(F)cc1)c1cccs1. The Hall–Kier alpha value is -2.11. The van der Waals surface area contributed by atoms with E-state index in [0.717, 1.165) is 16.2 Å². The molecule has 0 bridgehead atoms. The first kappa shape index (κ1) is 17.7. The number of carbonyl (C=O) groups is 1. The van der Waals surface area contributed by atoms with E-state index in [9.17, 15) is 9.18 Å². The monoisotopic (exact) mass is 371 g/mol. The molecule has 0 fully saturated rings. The number of hydrogen-bond donors (Lipinski definition) is 1. The predicted molar refractivity (Wildman–Crippen MR) is 103 cm³/mol. The second-order valence-electron chi connectivity index (χ2n) is 5.55. The van der Waals surface area contributed by atoms with Crippen molar-refractivity contribution in [2.75, 3.05) is 5.75 Å². The van der Waals surface area contributed by atoms with Gasteiger partial charge in [-0.25, -0.2) is 4.39 Å². The molecule has 2 nitrogen and oxygen atoms in total. The highest BCUT2D eigenvalue weighted by molar-refractivity contribution is 7.99. The molecule has 1 amide bonds. The summed E-state index contributed by atoms with van der Waals surface area (Å²) in [6.07, 6.45) is 0. The predicted octanol–water partition coefficient (Wildman–Crippen LogP) is 5.03. The minimum Gasteiger partial charge on any atom is -0.344 e. The van der Waals surface area contributed by atoms with Crippen molar-refractivity contribution in [2.24, 2.45) is 0 Å². The zero-order valence-electron chi connectivity index (χ0n) is 13.5. The molecule has 2 aromatic carbocycles. The average Bonchev–Trinajstić information content (AvgIpc) is 3.16. The normalized spacial score (nSPS) is 11.9. The molecule has 0 aliphatic rings. The number of thioether (sulfide) groups is 1.